The molecule has 1 aromatic rings. The Morgan fingerprint density at radius 1 is 1.25 bits per heavy atom. The molecule has 0 amide bonds. The minimum Gasteiger partial charge on any atom is -0.492 e. The van der Waals surface area contributed by atoms with Gasteiger partial charge in [0.25, 0.3) is 0 Å². The summed E-state index contributed by atoms with van der Waals surface area (Å²) >= 11 is 0. The van der Waals surface area contributed by atoms with Gasteiger partial charge in [-0.1, -0.05) is 34.1 Å². The Balaban J connectivity index is 3.03. The fourth-order valence-corrected chi connectivity index (χ4v) is 2.12. The van der Waals surface area contributed by atoms with E-state index in [-0.39, 0.29) is 5.88 Å². The number of rotatable bonds is 6. The molecule has 92 valence electrons. The average molecular weight is 224 g/mol. The summed E-state index contributed by atoms with van der Waals surface area (Å²) < 4.78 is 1.98. The first-order valence-corrected chi connectivity index (χ1v) is 6.40. The Kier molecular flexibility index (Phi) is 4.84. The summed E-state index contributed by atoms with van der Waals surface area (Å²) in [5, 5.41) is 14.1. The third-order valence-corrected chi connectivity index (χ3v) is 2.84. The van der Waals surface area contributed by atoms with Crippen molar-refractivity contribution in [3.8, 4) is 5.88 Å². The van der Waals surface area contributed by atoms with Crippen molar-refractivity contribution >= 4 is 0 Å². The largest absolute Gasteiger partial charge is 0.492 e. The number of hydrogen-bond donors (Lipinski definition) is 1. The van der Waals surface area contributed by atoms with Gasteiger partial charge in [-0.25, -0.2) is 0 Å². The highest BCUT2D eigenvalue weighted by Gasteiger charge is 2.18. The fourth-order valence-electron chi connectivity index (χ4n) is 2.12. The second-order valence-electron chi connectivity index (χ2n) is 4.67. The highest BCUT2D eigenvalue weighted by atomic mass is 16.3. The highest BCUT2D eigenvalue weighted by molar-refractivity contribution is 5.32. The van der Waals surface area contributed by atoms with E-state index in [1.807, 2.05) is 4.68 Å². The number of aromatic hydroxyl groups is 1. The van der Waals surface area contributed by atoms with E-state index in [9.17, 15) is 5.11 Å². The second kappa shape index (κ2) is 5.92. The summed E-state index contributed by atoms with van der Waals surface area (Å²) in [6.45, 7) is 9.53. The van der Waals surface area contributed by atoms with Crippen molar-refractivity contribution in [1.29, 1.82) is 0 Å². The summed E-state index contributed by atoms with van der Waals surface area (Å²) in [6.07, 6.45) is 4.26. The number of hydrogen-bond acceptors (Lipinski definition) is 2. The predicted molar refractivity (Wildman–Crippen MR) is 66.9 cm³/mol. The lowest BCUT2D eigenvalue weighted by Crippen LogP contribution is -2.07. The summed E-state index contributed by atoms with van der Waals surface area (Å²) in [5.41, 5.74) is 2.28. The Labute approximate surface area is 98.5 Å². The molecule has 0 saturated heterocycles. The minimum absolute atomic E-state index is 0.241. The molecule has 0 aromatic carbocycles. The van der Waals surface area contributed by atoms with Crippen LogP contribution in [0.15, 0.2) is 0 Å². The van der Waals surface area contributed by atoms with E-state index < -0.39 is 0 Å². The van der Waals surface area contributed by atoms with Crippen LogP contribution in [0.25, 0.3) is 0 Å². The zero-order valence-electron chi connectivity index (χ0n) is 11.0. The zero-order chi connectivity index (χ0) is 12.1. The van der Waals surface area contributed by atoms with Crippen molar-refractivity contribution in [3.63, 3.8) is 0 Å². The van der Waals surface area contributed by atoms with Gasteiger partial charge < -0.3 is 5.11 Å². The topological polar surface area (TPSA) is 38.1 Å². The molecule has 0 radical (unpaired) electrons. The summed E-state index contributed by atoms with van der Waals surface area (Å²) in [5.74, 6) is 0.664. The number of unbranched alkanes of at least 4 members (excludes halogenated alkanes) is 1. The smallest absolute Gasteiger partial charge is 0.233 e. The van der Waals surface area contributed by atoms with E-state index in [0.29, 0.717) is 5.92 Å². The lowest BCUT2D eigenvalue weighted by atomic mass is 10.0. The van der Waals surface area contributed by atoms with Crippen LogP contribution in [-0.4, -0.2) is 14.9 Å². The van der Waals surface area contributed by atoms with Gasteiger partial charge in [0, 0.05) is 17.8 Å². The maximum Gasteiger partial charge on any atom is 0.233 e. The van der Waals surface area contributed by atoms with Gasteiger partial charge in [-0.15, -0.1) is 5.10 Å². The van der Waals surface area contributed by atoms with Gasteiger partial charge >= 0.3 is 0 Å². The van der Waals surface area contributed by atoms with Crippen molar-refractivity contribution in [2.24, 2.45) is 0 Å². The molecule has 1 aromatic heterocycles. The molecule has 0 saturated carbocycles. The lowest BCUT2D eigenvalue weighted by Gasteiger charge is -2.11. The number of nitrogens with zero attached hydrogens (tertiary/aromatic N) is 2. The molecule has 0 fully saturated rings. The predicted octanol–water partition coefficient (Wildman–Crippen LogP) is 3.46. The SMILES string of the molecule is CCCCc1c(O)nn(CCC)c1C(C)C. The van der Waals surface area contributed by atoms with Crippen LogP contribution in [0, 0.1) is 0 Å². The molecule has 16 heavy (non-hydrogen) atoms. The van der Waals surface area contributed by atoms with Crippen molar-refractivity contribution in [2.45, 2.75) is 65.8 Å². The maximum absolute atomic E-state index is 9.88. The van der Waals surface area contributed by atoms with E-state index in [1.165, 1.54) is 5.69 Å². The first-order valence-electron chi connectivity index (χ1n) is 6.40. The van der Waals surface area contributed by atoms with Crippen LogP contribution in [0.3, 0.4) is 0 Å². The van der Waals surface area contributed by atoms with Crippen LogP contribution in [0.2, 0.25) is 0 Å². The number of aryl methyl sites for hydroxylation is 1. The van der Waals surface area contributed by atoms with Gasteiger partial charge in [-0.3, -0.25) is 4.68 Å². The Morgan fingerprint density at radius 3 is 2.44 bits per heavy atom. The Hall–Kier alpha value is -0.990. The molecule has 0 aliphatic heterocycles. The molecule has 3 nitrogen and oxygen atoms in total. The standard InChI is InChI=1S/C13H24N2O/c1-5-7-8-11-12(10(3)4)15(9-6-2)14-13(11)16/h10H,5-9H2,1-4H3,(H,14,16). The molecule has 3 heteroatoms. The molecule has 0 aliphatic carbocycles. The Morgan fingerprint density at radius 2 is 1.94 bits per heavy atom. The highest BCUT2D eigenvalue weighted by Crippen LogP contribution is 2.28. The quantitative estimate of drug-likeness (QED) is 0.803. The molecule has 0 bridgehead atoms. The average Bonchev–Trinajstić information content (AvgIpc) is 2.52. The normalized spacial score (nSPS) is 11.3. The molecular weight excluding hydrogens is 200 g/mol. The minimum atomic E-state index is 0.241. The molecular formula is C13H24N2O. The summed E-state index contributed by atoms with van der Waals surface area (Å²) in [7, 11) is 0. The van der Waals surface area contributed by atoms with Gasteiger partial charge in [0.2, 0.25) is 5.88 Å². The molecule has 0 aliphatic rings. The van der Waals surface area contributed by atoms with E-state index in [0.717, 1.165) is 37.8 Å². The van der Waals surface area contributed by atoms with Gasteiger partial charge in [0.1, 0.15) is 0 Å². The molecule has 0 atom stereocenters. The van der Waals surface area contributed by atoms with Gasteiger partial charge in [0.05, 0.1) is 0 Å². The van der Waals surface area contributed by atoms with Crippen LogP contribution in [0.1, 0.15) is 64.1 Å². The van der Waals surface area contributed by atoms with E-state index in [2.05, 4.69) is 32.8 Å². The van der Waals surface area contributed by atoms with Crippen LogP contribution >= 0.6 is 0 Å². The Bertz CT molecular complexity index is 329. The molecule has 1 N–H and O–H groups in total. The summed E-state index contributed by atoms with van der Waals surface area (Å²) in [6, 6.07) is 0. The van der Waals surface area contributed by atoms with Crippen molar-refractivity contribution in [3.05, 3.63) is 11.3 Å². The molecule has 1 heterocycles. The third-order valence-electron chi connectivity index (χ3n) is 2.84. The van der Waals surface area contributed by atoms with Crippen LogP contribution in [0.4, 0.5) is 0 Å². The van der Waals surface area contributed by atoms with Crippen LogP contribution in [-0.2, 0) is 13.0 Å². The second-order valence-corrected chi connectivity index (χ2v) is 4.67. The zero-order valence-corrected chi connectivity index (χ0v) is 11.0. The molecule has 0 unspecified atom stereocenters. The van der Waals surface area contributed by atoms with Crippen molar-refractivity contribution in [2.75, 3.05) is 0 Å². The monoisotopic (exact) mass is 224 g/mol. The van der Waals surface area contributed by atoms with Crippen LogP contribution < -0.4 is 0 Å². The van der Waals surface area contributed by atoms with Crippen LogP contribution in [0.5, 0.6) is 5.88 Å². The maximum atomic E-state index is 9.88. The lowest BCUT2D eigenvalue weighted by molar-refractivity contribution is 0.430. The first kappa shape index (κ1) is 13.1. The van der Waals surface area contributed by atoms with Crippen molar-refractivity contribution < 1.29 is 5.11 Å². The molecule has 0 spiro atoms. The first-order chi connectivity index (χ1) is 7.61. The van der Waals surface area contributed by atoms with E-state index >= 15 is 0 Å². The van der Waals surface area contributed by atoms with Gasteiger partial charge in [-0.2, -0.15) is 0 Å². The fraction of sp³-hybridized carbons (Fsp3) is 0.769. The van der Waals surface area contributed by atoms with Crippen molar-refractivity contribution in [1.82, 2.24) is 9.78 Å². The van der Waals surface area contributed by atoms with Gasteiger partial charge in [-0.05, 0) is 25.2 Å². The summed E-state index contributed by atoms with van der Waals surface area (Å²) in [4.78, 5) is 0. The number of aromatic nitrogens is 2. The molecule has 1 rings (SSSR count). The van der Waals surface area contributed by atoms with E-state index in [1.54, 1.807) is 0 Å². The third kappa shape index (κ3) is 2.77. The van der Waals surface area contributed by atoms with Gasteiger partial charge in [0.15, 0.2) is 0 Å². The van der Waals surface area contributed by atoms with E-state index in [4.69, 9.17) is 0 Å².